The number of benzene rings is 1. The molecule has 0 saturated heterocycles. The first-order valence-corrected chi connectivity index (χ1v) is 7.89. The molecule has 0 radical (unpaired) electrons. The van der Waals surface area contributed by atoms with Gasteiger partial charge in [0.2, 0.25) is 0 Å². The third kappa shape index (κ3) is 4.12. The molecule has 106 valence electrons. The first kappa shape index (κ1) is 14.7. The summed E-state index contributed by atoms with van der Waals surface area (Å²) in [5.41, 5.74) is 2.57. The van der Waals surface area contributed by atoms with E-state index in [1.54, 1.807) is 0 Å². The van der Waals surface area contributed by atoms with Crippen molar-refractivity contribution in [2.75, 3.05) is 18.0 Å². The van der Waals surface area contributed by atoms with E-state index in [-0.39, 0.29) is 0 Å². The number of nitrogens with zero attached hydrogens (tertiary/aromatic N) is 1. The van der Waals surface area contributed by atoms with Gasteiger partial charge in [-0.15, -0.1) is 0 Å². The molecule has 1 aromatic carbocycles. The summed E-state index contributed by atoms with van der Waals surface area (Å²) in [5, 5.41) is 4.47. The standard InChI is InChI=1S/C16H25ClN2/c1-3-10-19(11-4-2)16-7-5-6-15(17)14(16)12-18-13-8-9-13/h5-7,13,18H,3-4,8-12H2,1-2H3. The van der Waals surface area contributed by atoms with Crippen LogP contribution in [0.4, 0.5) is 5.69 Å². The van der Waals surface area contributed by atoms with Gasteiger partial charge in [-0.3, -0.25) is 0 Å². The van der Waals surface area contributed by atoms with Gasteiger partial charge in [-0.25, -0.2) is 0 Å². The zero-order valence-electron chi connectivity index (χ0n) is 12.1. The van der Waals surface area contributed by atoms with Gasteiger partial charge in [0.1, 0.15) is 0 Å². The zero-order valence-corrected chi connectivity index (χ0v) is 12.8. The normalized spacial score (nSPS) is 14.7. The van der Waals surface area contributed by atoms with E-state index in [9.17, 15) is 0 Å². The predicted molar refractivity (Wildman–Crippen MR) is 84.1 cm³/mol. The molecule has 0 bridgehead atoms. The van der Waals surface area contributed by atoms with Gasteiger partial charge in [-0.2, -0.15) is 0 Å². The molecule has 3 heteroatoms. The Morgan fingerprint density at radius 3 is 2.47 bits per heavy atom. The summed E-state index contributed by atoms with van der Waals surface area (Å²) in [6.45, 7) is 7.56. The molecule has 0 aliphatic heterocycles. The summed E-state index contributed by atoms with van der Waals surface area (Å²) < 4.78 is 0. The smallest absolute Gasteiger partial charge is 0.0471 e. The lowest BCUT2D eigenvalue weighted by molar-refractivity contribution is 0.678. The maximum Gasteiger partial charge on any atom is 0.0471 e. The van der Waals surface area contributed by atoms with Crippen LogP contribution in [0.2, 0.25) is 5.02 Å². The van der Waals surface area contributed by atoms with Gasteiger partial charge in [0.05, 0.1) is 0 Å². The van der Waals surface area contributed by atoms with Gasteiger partial charge in [-0.05, 0) is 37.8 Å². The number of hydrogen-bond donors (Lipinski definition) is 1. The predicted octanol–water partition coefficient (Wildman–Crippen LogP) is 4.22. The molecule has 0 heterocycles. The van der Waals surface area contributed by atoms with Crippen LogP contribution in [0.1, 0.15) is 45.1 Å². The SMILES string of the molecule is CCCN(CCC)c1cccc(Cl)c1CNC1CC1. The first-order chi connectivity index (χ1) is 9.26. The molecule has 1 aromatic rings. The fourth-order valence-electron chi connectivity index (χ4n) is 2.44. The fourth-order valence-corrected chi connectivity index (χ4v) is 2.68. The van der Waals surface area contributed by atoms with E-state index >= 15 is 0 Å². The van der Waals surface area contributed by atoms with Crippen molar-refractivity contribution in [2.45, 2.75) is 52.1 Å². The van der Waals surface area contributed by atoms with Crippen molar-refractivity contribution in [1.29, 1.82) is 0 Å². The Labute approximate surface area is 122 Å². The first-order valence-electron chi connectivity index (χ1n) is 7.52. The van der Waals surface area contributed by atoms with Crippen molar-refractivity contribution in [2.24, 2.45) is 0 Å². The molecule has 0 unspecified atom stereocenters. The maximum atomic E-state index is 6.41. The Hall–Kier alpha value is -0.730. The van der Waals surface area contributed by atoms with Gasteiger partial charge in [0.15, 0.2) is 0 Å². The Morgan fingerprint density at radius 2 is 1.89 bits per heavy atom. The number of anilines is 1. The van der Waals surface area contributed by atoms with Crippen LogP contribution < -0.4 is 10.2 Å². The largest absolute Gasteiger partial charge is 0.371 e. The highest BCUT2D eigenvalue weighted by molar-refractivity contribution is 6.31. The van der Waals surface area contributed by atoms with E-state index in [0.29, 0.717) is 0 Å². The number of hydrogen-bond acceptors (Lipinski definition) is 2. The average molecular weight is 281 g/mol. The molecule has 2 rings (SSSR count). The minimum absolute atomic E-state index is 0.718. The topological polar surface area (TPSA) is 15.3 Å². The number of rotatable bonds is 8. The summed E-state index contributed by atoms with van der Waals surface area (Å²) in [5.74, 6) is 0. The van der Waals surface area contributed by atoms with Crippen LogP contribution in [0.25, 0.3) is 0 Å². The van der Waals surface area contributed by atoms with Crippen LogP contribution in [0, 0.1) is 0 Å². The fraction of sp³-hybridized carbons (Fsp3) is 0.625. The number of nitrogens with one attached hydrogen (secondary N) is 1. The molecule has 1 N–H and O–H groups in total. The maximum absolute atomic E-state index is 6.41. The Balaban J connectivity index is 2.17. The van der Waals surface area contributed by atoms with E-state index in [0.717, 1.165) is 30.7 Å². The minimum atomic E-state index is 0.718. The van der Waals surface area contributed by atoms with E-state index in [2.05, 4.69) is 36.2 Å². The molecule has 1 fully saturated rings. The highest BCUT2D eigenvalue weighted by Crippen LogP contribution is 2.29. The molecule has 0 aromatic heterocycles. The molecule has 0 spiro atoms. The quantitative estimate of drug-likeness (QED) is 0.767. The van der Waals surface area contributed by atoms with Crippen LogP contribution in [-0.4, -0.2) is 19.1 Å². The van der Waals surface area contributed by atoms with Crippen LogP contribution in [0.15, 0.2) is 18.2 Å². The van der Waals surface area contributed by atoms with E-state index in [1.165, 1.54) is 36.9 Å². The Morgan fingerprint density at radius 1 is 1.21 bits per heavy atom. The van der Waals surface area contributed by atoms with Gasteiger partial charge < -0.3 is 10.2 Å². The van der Waals surface area contributed by atoms with Gasteiger partial charge in [0, 0.05) is 41.9 Å². The molecule has 0 atom stereocenters. The summed E-state index contributed by atoms with van der Waals surface area (Å²) in [4.78, 5) is 2.47. The lowest BCUT2D eigenvalue weighted by atomic mass is 10.1. The highest BCUT2D eigenvalue weighted by atomic mass is 35.5. The van der Waals surface area contributed by atoms with Crippen LogP contribution in [-0.2, 0) is 6.54 Å². The third-order valence-corrected chi connectivity index (χ3v) is 3.92. The van der Waals surface area contributed by atoms with Crippen LogP contribution in [0.3, 0.4) is 0 Å². The molecular formula is C16H25ClN2. The highest BCUT2D eigenvalue weighted by Gasteiger charge is 2.21. The Bertz CT molecular complexity index is 396. The van der Waals surface area contributed by atoms with Crippen molar-refractivity contribution < 1.29 is 0 Å². The molecular weight excluding hydrogens is 256 g/mol. The molecule has 19 heavy (non-hydrogen) atoms. The van der Waals surface area contributed by atoms with Crippen LogP contribution >= 0.6 is 11.6 Å². The van der Waals surface area contributed by atoms with Gasteiger partial charge in [-0.1, -0.05) is 31.5 Å². The lowest BCUT2D eigenvalue weighted by Crippen LogP contribution is -2.27. The van der Waals surface area contributed by atoms with Crippen molar-refractivity contribution in [3.05, 3.63) is 28.8 Å². The van der Waals surface area contributed by atoms with E-state index in [4.69, 9.17) is 11.6 Å². The zero-order chi connectivity index (χ0) is 13.7. The second-order valence-corrected chi connectivity index (χ2v) is 5.79. The van der Waals surface area contributed by atoms with Crippen LogP contribution in [0.5, 0.6) is 0 Å². The number of halogens is 1. The van der Waals surface area contributed by atoms with Crippen molar-refractivity contribution in [1.82, 2.24) is 5.32 Å². The summed E-state index contributed by atoms with van der Waals surface area (Å²) in [6.07, 6.45) is 4.96. The molecule has 1 saturated carbocycles. The van der Waals surface area contributed by atoms with Crippen molar-refractivity contribution >= 4 is 17.3 Å². The third-order valence-electron chi connectivity index (χ3n) is 3.57. The second kappa shape index (κ2) is 7.16. The van der Waals surface area contributed by atoms with Crippen molar-refractivity contribution in [3.63, 3.8) is 0 Å². The molecule has 0 amide bonds. The van der Waals surface area contributed by atoms with Crippen molar-refractivity contribution in [3.8, 4) is 0 Å². The lowest BCUT2D eigenvalue weighted by Gasteiger charge is -2.27. The summed E-state index contributed by atoms with van der Waals surface area (Å²) in [6, 6.07) is 7.00. The minimum Gasteiger partial charge on any atom is -0.371 e. The Kier molecular flexibility index (Phi) is 5.53. The second-order valence-electron chi connectivity index (χ2n) is 5.38. The average Bonchev–Trinajstić information content (AvgIpc) is 3.21. The van der Waals surface area contributed by atoms with E-state index < -0.39 is 0 Å². The van der Waals surface area contributed by atoms with E-state index in [1.807, 2.05) is 6.07 Å². The molecule has 1 aliphatic carbocycles. The summed E-state index contributed by atoms with van der Waals surface area (Å²) in [7, 11) is 0. The van der Waals surface area contributed by atoms with Gasteiger partial charge in [0.25, 0.3) is 0 Å². The summed E-state index contributed by atoms with van der Waals surface area (Å²) >= 11 is 6.41. The molecule has 1 aliphatic rings. The van der Waals surface area contributed by atoms with Gasteiger partial charge >= 0.3 is 0 Å². The monoisotopic (exact) mass is 280 g/mol. The molecule has 2 nitrogen and oxygen atoms in total.